The fourth-order valence-corrected chi connectivity index (χ4v) is 3.18. The third kappa shape index (κ3) is 3.64. The van der Waals surface area contributed by atoms with Gasteiger partial charge in [0.15, 0.2) is 0 Å². The summed E-state index contributed by atoms with van der Waals surface area (Å²) in [5.74, 6) is -0.0558. The van der Waals surface area contributed by atoms with Crippen molar-refractivity contribution < 1.29 is 17.3 Å². The third-order valence-corrected chi connectivity index (χ3v) is 4.63. The van der Waals surface area contributed by atoms with Crippen molar-refractivity contribution in [3.8, 4) is 0 Å². The maximum Gasteiger partial charge on any atom is 0.242 e. The largest absolute Gasteiger partial charge is 0.361 e. The molecule has 1 atom stereocenters. The van der Waals surface area contributed by atoms with Gasteiger partial charge >= 0.3 is 0 Å². The van der Waals surface area contributed by atoms with Crippen molar-refractivity contribution in [2.45, 2.75) is 38.1 Å². The van der Waals surface area contributed by atoms with E-state index in [2.05, 4.69) is 14.9 Å². The van der Waals surface area contributed by atoms with Crippen LogP contribution >= 0.6 is 0 Å². The summed E-state index contributed by atoms with van der Waals surface area (Å²) in [4.78, 5) is 3.27. The SMILES string of the molecule is Cc1noc(C)c1CC(C)NS(=O)(=O)c1ccc(F)nc1. The Balaban J connectivity index is 2.11. The van der Waals surface area contributed by atoms with Crippen LogP contribution in [-0.4, -0.2) is 24.6 Å². The van der Waals surface area contributed by atoms with Crippen LogP contribution < -0.4 is 4.72 Å². The lowest BCUT2D eigenvalue weighted by atomic mass is 10.1. The molecule has 0 bridgehead atoms. The van der Waals surface area contributed by atoms with Gasteiger partial charge in [-0.1, -0.05) is 5.16 Å². The Morgan fingerprint density at radius 1 is 1.38 bits per heavy atom. The molecule has 0 aromatic carbocycles. The summed E-state index contributed by atoms with van der Waals surface area (Å²) < 4.78 is 44.6. The van der Waals surface area contributed by atoms with E-state index in [9.17, 15) is 12.8 Å². The van der Waals surface area contributed by atoms with E-state index >= 15 is 0 Å². The van der Waals surface area contributed by atoms with Crippen LogP contribution in [0.25, 0.3) is 0 Å². The zero-order chi connectivity index (χ0) is 15.6. The summed E-state index contributed by atoms with van der Waals surface area (Å²) in [5.41, 5.74) is 1.62. The fourth-order valence-electron chi connectivity index (χ4n) is 2.00. The first-order chi connectivity index (χ1) is 9.79. The average molecular weight is 313 g/mol. The van der Waals surface area contributed by atoms with Crippen LogP contribution in [0.4, 0.5) is 4.39 Å². The third-order valence-electron chi connectivity index (χ3n) is 3.06. The smallest absolute Gasteiger partial charge is 0.242 e. The highest BCUT2D eigenvalue weighted by Gasteiger charge is 2.20. The average Bonchev–Trinajstić information content (AvgIpc) is 2.70. The normalized spacial score (nSPS) is 13.3. The highest BCUT2D eigenvalue weighted by molar-refractivity contribution is 7.89. The van der Waals surface area contributed by atoms with Gasteiger partial charge in [-0.3, -0.25) is 0 Å². The van der Waals surface area contributed by atoms with Crippen LogP contribution in [-0.2, 0) is 16.4 Å². The van der Waals surface area contributed by atoms with E-state index in [1.54, 1.807) is 20.8 Å². The predicted molar refractivity (Wildman–Crippen MR) is 73.7 cm³/mol. The monoisotopic (exact) mass is 313 g/mol. The molecule has 1 unspecified atom stereocenters. The Bertz CT molecular complexity index is 706. The van der Waals surface area contributed by atoms with Crippen LogP contribution in [0, 0.1) is 19.8 Å². The molecule has 21 heavy (non-hydrogen) atoms. The first kappa shape index (κ1) is 15.6. The number of sulfonamides is 1. The van der Waals surface area contributed by atoms with Gasteiger partial charge < -0.3 is 4.52 Å². The number of hydrogen-bond acceptors (Lipinski definition) is 5. The molecule has 0 aliphatic heterocycles. The molecule has 2 aromatic rings. The highest BCUT2D eigenvalue weighted by Crippen LogP contribution is 2.16. The zero-order valence-electron chi connectivity index (χ0n) is 11.9. The van der Waals surface area contributed by atoms with E-state index in [-0.39, 0.29) is 10.9 Å². The van der Waals surface area contributed by atoms with E-state index in [4.69, 9.17) is 4.52 Å². The number of aryl methyl sites for hydroxylation is 2. The Morgan fingerprint density at radius 3 is 2.62 bits per heavy atom. The molecule has 0 aliphatic rings. The molecule has 8 heteroatoms. The molecule has 2 heterocycles. The molecule has 2 rings (SSSR count). The number of nitrogens with one attached hydrogen (secondary N) is 1. The number of pyridine rings is 1. The van der Waals surface area contributed by atoms with E-state index < -0.39 is 16.0 Å². The quantitative estimate of drug-likeness (QED) is 0.850. The van der Waals surface area contributed by atoms with Crippen molar-refractivity contribution in [1.29, 1.82) is 0 Å². The van der Waals surface area contributed by atoms with Gasteiger partial charge in [-0.15, -0.1) is 0 Å². The first-order valence-corrected chi connectivity index (χ1v) is 7.83. The summed E-state index contributed by atoms with van der Waals surface area (Å²) in [6.07, 6.45) is 1.44. The maximum absolute atomic E-state index is 12.7. The van der Waals surface area contributed by atoms with E-state index in [1.165, 1.54) is 6.07 Å². The molecule has 0 spiro atoms. The van der Waals surface area contributed by atoms with Gasteiger partial charge in [-0.25, -0.2) is 18.1 Å². The van der Waals surface area contributed by atoms with E-state index in [1.807, 2.05) is 0 Å². The van der Waals surface area contributed by atoms with E-state index in [0.29, 0.717) is 12.2 Å². The molecule has 0 aliphatic carbocycles. The summed E-state index contributed by atoms with van der Waals surface area (Å²) in [6.45, 7) is 5.32. The van der Waals surface area contributed by atoms with Crippen molar-refractivity contribution in [3.63, 3.8) is 0 Å². The summed E-state index contributed by atoms with van der Waals surface area (Å²) in [5, 5.41) is 3.83. The molecule has 0 radical (unpaired) electrons. The molecule has 0 saturated heterocycles. The minimum Gasteiger partial charge on any atom is -0.361 e. The molecule has 2 aromatic heterocycles. The van der Waals surface area contributed by atoms with Crippen LogP contribution in [0.15, 0.2) is 27.7 Å². The molecule has 0 saturated carbocycles. The number of aromatic nitrogens is 2. The van der Waals surface area contributed by atoms with Crippen molar-refractivity contribution in [2.75, 3.05) is 0 Å². The standard InChI is InChI=1S/C13H16FN3O3S/c1-8(6-12-9(2)16-20-10(12)3)17-21(18,19)11-4-5-13(14)15-7-11/h4-5,7-8,17H,6H2,1-3H3. The maximum atomic E-state index is 12.7. The molecule has 114 valence electrons. The lowest BCUT2D eigenvalue weighted by Crippen LogP contribution is -2.34. The molecular weight excluding hydrogens is 297 g/mol. The second kappa shape index (κ2) is 5.90. The number of rotatable bonds is 5. The number of nitrogens with zero attached hydrogens (tertiary/aromatic N) is 2. The Labute approximate surface area is 122 Å². The molecule has 6 nitrogen and oxygen atoms in total. The lowest BCUT2D eigenvalue weighted by Gasteiger charge is -2.14. The Morgan fingerprint density at radius 2 is 2.10 bits per heavy atom. The summed E-state index contributed by atoms with van der Waals surface area (Å²) >= 11 is 0. The molecule has 0 fully saturated rings. The van der Waals surface area contributed by atoms with Gasteiger partial charge in [0.05, 0.1) is 11.9 Å². The predicted octanol–water partition coefficient (Wildman–Crippen LogP) is 1.74. The molecular formula is C13H16FN3O3S. The lowest BCUT2D eigenvalue weighted by molar-refractivity contribution is 0.392. The minimum atomic E-state index is -3.74. The second-order valence-electron chi connectivity index (χ2n) is 4.85. The van der Waals surface area contributed by atoms with Crippen molar-refractivity contribution >= 4 is 10.0 Å². The molecule has 1 N–H and O–H groups in total. The van der Waals surface area contributed by atoms with Gasteiger partial charge in [0.25, 0.3) is 0 Å². The summed E-state index contributed by atoms with van der Waals surface area (Å²) in [6, 6.07) is 1.82. The highest BCUT2D eigenvalue weighted by atomic mass is 32.2. The second-order valence-corrected chi connectivity index (χ2v) is 6.56. The Kier molecular flexibility index (Phi) is 4.38. The van der Waals surface area contributed by atoms with Gasteiger partial charge in [-0.2, -0.15) is 4.39 Å². The topological polar surface area (TPSA) is 85.1 Å². The van der Waals surface area contributed by atoms with Crippen molar-refractivity contribution in [3.05, 3.63) is 41.3 Å². The van der Waals surface area contributed by atoms with Crippen molar-refractivity contribution in [1.82, 2.24) is 14.9 Å². The first-order valence-electron chi connectivity index (χ1n) is 6.35. The van der Waals surface area contributed by atoms with Crippen LogP contribution in [0.3, 0.4) is 0 Å². The Hall–Kier alpha value is -1.80. The van der Waals surface area contributed by atoms with Gasteiger partial charge in [0.2, 0.25) is 16.0 Å². The minimum absolute atomic E-state index is 0.0745. The molecule has 0 amide bonds. The number of halogens is 1. The summed E-state index contributed by atoms with van der Waals surface area (Å²) in [7, 11) is -3.74. The van der Waals surface area contributed by atoms with Crippen LogP contribution in [0.2, 0.25) is 0 Å². The number of hydrogen-bond donors (Lipinski definition) is 1. The van der Waals surface area contributed by atoms with E-state index in [0.717, 1.165) is 23.5 Å². The van der Waals surface area contributed by atoms with Crippen LogP contribution in [0.1, 0.15) is 23.9 Å². The zero-order valence-corrected chi connectivity index (χ0v) is 12.7. The van der Waals surface area contributed by atoms with Gasteiger partial charge in [0.1, 0.15) is 10.7 Å². The van der Waals surface area contributed by atoms with Crippen LogP contribution in [0.5, 0.6) is 0 Å². The van der Waals surface area contributed by atoms with Gasteiger partial charge in [-0.05, 0) is 39.3 Å². The van der Waals surface area contributed by atoms with Gasteiger partial charge in [0, 0.05) is 11.6 Å². The fraction of sp³-hybridized carbons (Fsp3) is 0.385. The van der Waals surface area contributed by atoms with Crippen molar-refractivity contribution in [2.24, 2.45) is 0 Å².